The number of hydrogen-bond donors (Lipinski definition) is 3. The molecule has 0 aromatic carbocycles. The van der Waals surface area contributed by atoms with Gasteiger partial charge in [0, 0.05) is 0 Å². The van der Waals surface area contributed by atoms with Crippen molar-refractivity contribution in [2.45, 2.75) is 19.4 Å². The molecule has 2 amide bonds. The van der Waals surface area contributed by atoms with Gasteiger partial charge in [-0.25, -0.2) is 4.98 Å². The number of hydrogen-bond acceptors (Lipinski definition) is 6. The van der Waals surface area contributed by atoms with Gasteiger partial charge >= 0.3 is 0 Å². The molecule has 0 atom stereocenters. The van der Waals surface area contributed by atoms with Crippen LogP contribution in [0.2, 0.25) is 0 Å². The second kappa shape index (κ2) is 3.86. The van der Waals surface area contributed by atoms with Crippen molar-refractivity contribution < 1.29 is 9.59 Å². The molecule has 1 fully saturated rings. The average Bonchev–Trinajstić information content (AvgIpc) is 2.28. The fourth-order valence-corrected chi connectivity index (χ4v) is 1.78. The van der Waals surface area contributed by atoms with Crippen molar-refractivity contribution in [3.63, 3.8) is 0 Å². The van der Waals surface area contributed by atoms with Gasteiger partial charge in [0.1, 0.15) is 17.2 Å². The van der Waals surface area contributed by atoms with Gasteiger partial charge in [0.2, 0.25) is 5.91 Å². The van der Waals surface area contributed by atoms with Crippen LogP contribution < -0.4 is 21.7 Å². The van der Waals surface area contributed by atoms with Gasteiger partial charge in [-0.3, -0.25) is 14.9 Å². The lowest BCUT2D eigenvalue weighted by atomic mass is 9.98. The molecule has 0 bridgehead atoms. The second-order valence-electron chi connectivity index (χ2n) is 4.67. The molecule has 0 aliphatic carbocycles. The number of nitrogen functional groups attached to an aromatic ring is 2. The lowest BCUT2D eigenvalue weighted by molar-refractivity contribution is -0.135. The average molecular weight is 249 g/mol. The predicted octanol–water partition coefficient (Wildman–Crippen LogP) is -0.513. The number of nitrogens with zero attached hydrogens (tertiary/aromatic N) is 2. The van der Waals surface area contributed by atoms with Gasteiger partial charge in [0.15, 0.2) is 0 Å². The SMILES string of the molecule is CC1(C)C(=O)NC(=O)CN1c1ccc(N)c(N)n1. The molecule has 2 heterocycles. The topological polar surface area (TPSA) is 114 Å². The van der Waals surface area contributed by atoms with E-state index in [-0.39, 0.29) is 24.2 Å². The molecule has 1 aliphatic heterocycles. The van der Waals surface area contributed by atoms with E-state index in [0.29, 0.717) is 11.5 Å². The fourth-order valence-electron chi connectivity index (χ4n) is 1.78. The first-order valence-corrected chi connectivity index (χ1v) is 5.46. The molecule has 0 spiro atoms. The molecule has 96 valence electrons. The highest BCUT2D eigenvalue weighted by atomic mass is 16.2. The molecule has 0 saturated carbocycles. The minimum absolute atomic E-state index is 0.0507. The summed E-state index contributed by atoms with van der Waals surface area (Å²) >= 11 is 0. The normalized spacial score (nSPS) is 18.7. The Bertz CT molecular complexity index is 526. The molecule has 1 aromatic heterocycles. The van der Waals surface area contributed by atoms with E-state index >= 15 is 0 Å². The summed E-state index contributed by atoms with van der Waals surface area (Å²) in [7, 11) is 0. The monoisotopic (exact) mass is 249 g/mol. The number of carbonyl (C=O) groups is 2. The number of amides is 2. The van der Waals surface area contributed by atoms with Gasteiger partial charge in [0.05, 0.1) is 12.2 Å². The largest absolute Gasteiger partial charge is 0.396 e. The van der Waals surface area contributed by atoms with Crippen LogP contribution in [0.25, 0.3) is 0 Å². The highest BCUT2D eigenvalue weighted by Crippen LogP contribution is 2.26. The third-order valence-electron chi connectivity index (χ3n) is 3.00. The zero-order valence-corrected chi connectivity index (χ0v) is 10.2. The Morgan fingerprint density at radius 3 is 2.61 bits per heavy atom. The molecule has 1 saturated heterocycles. The van der Waals surface area contributed by atoms with E-state index in [1.807, 2.05) is 0 Å². The molecule has 5 N–H and O–H groups in total. The van der Waals surface area contributed by atoms with E-state index in [2.05, 4.69) is 10.3 Å². The standard InChI is InChI=1S/C11H15N5O2/c1-11(2)10(18)15-8(17)5-16(11)7-4-3-6(12)9(13)14-7/h3-4H,5,12H2,1-2H3,(H2,13,14)(H,15,17,18). The number of nitrogens with one attached hydrogen (secondary N) is 1. The number of aromatic nitrogens is 1. The van der Waals surface area contributed by atoms with Crippen LogP contribution in [0.4, 0.5) is 17.3 Å². The smallest absolute Gasteiger partial charge is 0.251 e. The first kappa shape index (κ1) is 12.2. The van der Waals surface area contributed by atoms with Crippen LogP contribution in [-0.4, -0.2) is 28.9 Å². The molecule has 0 radical (unpaired) electrons. The van der Waals surface area contributed by atoms with Crippen LogP contribution in [-0.2, 0) is 9.59 Å². The number of pyridine rings is 1. The molecule has 18 heavy (non-hydrogen) atoms. The van der Waals surface area contributed by atoms with Crippen molar-refractivity contribution in [1.82, 2.24) is 10.3 Å². The number of anilines is 3. The Morgan fingerprint density at radius 1 is 1.33 bits per heavy atom. The highest BCUT2D eigenvalue weighted by molar-refractivity contribution is 6.06. The maximum atomic E-state index is 11.8. The molecule has 0 unspecified atom stereocenters. The van der Waals surface area contributed by atoms with Crippen molar-refractivity contribution in [2.75, 3.05) is 22.9 Å². The molecule has 7 nitrogen and oxygen atoms in total. The van der Waals surface area contributed by atoms with Crippen molar-refractivity contribution in [1.29, 1.82) is 0 Å². The Hall–Kier alpha value is -2.31. The minimum Gasteiger partial charge on any atom is -0.396 e. The number of nitrogens with two attached hydrogens (primary N) is 2. The van der Waals surface area contributed by atoms with Gasteiger partial charge in [-0.15, -0.1) is 0 Å². The lowest BCUT2D eigenvalue weighted by Gasteiger charge is -2.40. The summed E-state index contributed by atoms with van der Waals surface area (Å²) in [6.45, 7) is 3.47. The van der Waals surface area contributed by atoms with Crippen molar-refractivity contribution in [3.8, 4) is 0 Å². The van der Waals surface area contributed by atoms with Crippen LogP contribution in [0.3, 0.4) is 0 Å². The first-order valence-electron chi connectivity index (χ1n) is 5.46. The number of piperazine rings is 1. The van der Waals surface area contributed by atoms with Crippen molar-refractivity contribution >= 4 is 29.1 Å². The Morgan fingerprint density at radius 2 is 2.00 bits per heavy atom. The molecule has 7 heteroatoms. The quantitative estimate of drug-likeness (QED) is 0.577. The number of rotatable bonds is 1. The summed E-state index contributed by atoms with van der Waals surface area (Å²) in [6.07, 6.45) is 0. The number of carbonyl (C=O) groups excluding carboxylic acids is 2. The van der Waals surface area contributed by atoms with Crippen LogP contribution in [0, 0.1) is 0 Å². The zero-order chi connectivity index (χ0) is 13.5. The third-order valence-corrected chi connectivity index (χ3v) is 3.00. The van der Waals surface area contributed by atoms with E-state index in [9.17, 15) is 9.59 Å². The van der Waals surface area contributed by atoms with Crippen LogP contribution >= 0.6 is 0 Å². The Balaban J connectivity index is 2.43. The summed E-state index contributed by atoms with van der Waals surface area (Å²) in [6, 6.07) is 3.24. The predicted molar refractivity (Wildman–Crippen MR) is 67.6 cm³/mol. The van der Waals surface area contributed by atoms with Crippen LogP contribution in [0.15, 0.2) is 12.1 Å². The summed E-state index contributed by atoms with van der Waals surface area (Å²) in [5.74, 6) is -0.0934. The Kier molecular flexibility index (Phi) is 2.61. The van der Waals surface area contributed by atoms with E-state index in [4.69, 9.17) is 11.5 Å². The maximum absolute atomic E-state index is 11.8. The fraction of sp³-hybridized carbons (Fsp3) is 0.364. The van der Waals surface area contributed by atoms with Gasteiger partial charge in [0.25, 0.3) is 5.91 Å². The second-order valence-corrected chi connectivity index (χ2v) is 4.67. The molecular formula is C11H15N5O2. The van der Waals surface area contributed by atoms with Gasteiger partial charge in [-0.2, -0.15) is 0 Å². The van der Waals surface area contributed by atoms with Gasteiger partial charge in [-0.05, 0) is 26.0 Å². The van der Waals surface area contributed by atoms with E-state index in [1.165, 1.54) is 0 Å². The highest BCUT2D eigenvalue weighted by Gasteiger charge is 2.41. The number of imide groups is 1. The van der Waals surface area contributed by atoms with E-state index in [0.717, 1.165) is 0 Å². The summed E-state index contributed by atoms with van der Waals surface area (Å²) in [5, 5.41) is 2.29. The van der Waals surface area contributed by atoms with Crippen LogP contribution in [0.5, 0.6) is 0 Å². The van der Waals surface area contributed by atoms with Gasteiger partial charge in [-0.1, -0.05) is 0 Å². The van der Waals surface area contributed by atoms with E-state index < -0.39 is 5.54 Å². The summed E-state index contributed by atoms with van der Waals surface area (Å²) in [5.41, 5.74) is 10.7. The lowest BCUT2D eigenvalue weighted by Crippen LogP contribution is -2.64. The van der Waals surface area contributed by atoms with Crippen molar-refractivity contribution in [2.24, 2.45) is 0 Å². The molecule has 1 aromatic rings. The maximum Gasteiger partial charge on any atom is 0.251 e. The summed E-state index contributed by atoms with van der Waals surface area (Å²) < 4.78 is 0. The van der Waals surface area contributed by atoms with Gasteiger partial charge < -0.3 is 16.4 Å². The molecule has 2 rings (SSSR count). The third kappa shape index (κ3) is 1.83. The summed E-state index contributed by atoms with van der Waals surface area (Å²) in [4.78, 5) is 29.0. The van der Waals surface area contributed by atoms with Crippen molar-refractivity contribution in [3.05, 3.63) is 12.1 Å². The first-order chi connectivity index (χ1) is 8.32. The Labute approximate surface area is 104 Å². The minimum atomic E-state index is -0.872. The molecule has 1 aliphatic rings. The van der Waals surface area contributed by atoms with Crippen LogP contribution in [0.1, 0.15) is 13.8 Å². The van der Waals surface area contributed by atoms with E-state index in [1.54, 1.807) is 30.9 Å². The molecular weight excluding hydrogens is 234 g/mol. The zero-order valence-electron chi connectivity index (χ0n) is 10.2.